The zero-order chi connectivity index (χ0) is 21.3. The van der Waals surface area contributed by atoms with Crippen LogP contribution in [-0.4, -0.2) is 41.3 Å². The Hall–Kier alpha value is -3.49. The molecule has 2 aromatic carbocycles. The van der Waals surface area contributed by atoms with Gasteiger partial charge in [-0.15, -0.1) is 0 Å². The molecule has 6 nitrogen and oxygen atoms in total. The van der Waals surface area contributed by atoms with E-state index in [0.29, 0.717) is 30.9 Å². The number of hydrogen-bond acceptors (Lipinski definition) is 3. The molecule has 1 aliphatic rings. The summed E-state index contributed by atoms with van der Waals surface area (Å²) in [6, 6.07) is 10.9. The quantitative estimate of drug-likeness (QED) is 0.664. The summed E-state index contributed by atoms with van der Waals surface area (Å²) in [4.78, 5) is 15.8. The molecular formula is C21H19F3N4O2. The summed E-state index contributed by atoms with van der Waals surface area (Å²) < 4.78 is 46.2. The molecule has 156 valence electrons. The Labute approximate surface area is 170 Å². The van der Waals surface area contributed by atoms with E-state index in [0.717, 1.165) is 11.6 Å². The summed E-state index contributed by atoms with van der Waals surface area (Å²) in [5, 5.41) is 6.25. The molecule has 3 aromatic rings. The van der Waals surface area contributed by atoms with Gasteiger partial charge in [0.05, 0.1) is 18.9 Å². The number of methoxy groups -OCH3 is 1. The lowest BCUT2D eigenvalue weighted by molar-refractivity contribution is -0.137. The van der Waals surface area contributed by atoms with Crippen molar-refractivity contribution in [1.82, 2.24) is 15.1 Å². The molecule has 1 aromatic heterocycles. The molecule has 1 N–H and O–H groups in total. The van der Waals surface area contributed by atoms with Gasteiger partial charge in [0.1, 0.15) is 5.75 Å². The molecule has 4 rings (SSSR count). The summed E-state index contributed by atoms with van der Waals surface area (Å²) in [6.07, 6.45) is -1.83. The minimum absolute atomic E-state index is 0.0138. The molecule has 0 atom stereocenters. The number of anilines is 1. The summed E-state index contributed by atoms with van der Waals surface area (Å²) in [6.45, 7) is 1.08. The van der Waals surface area contributed by atoms with E-state index in [1.807, 2.05) is 24.3 Å². The second-order valence-electron chi connectivity index (χ2n) is 6.92. The van der Waals surface area contributed by atoms with Crippen LogP contribution in [0.1, 0.15) is 11.1 Å². The minimum Gasteiger partial charge on any atom is -0.497 e. The molecular weight excluding hydrogens is 397 g/mol. The highest BCUT2D eigenvalue weighted by Crippen LogP contribution is 2.39. The number of rotatable bonds is 5. The Morgan fingerprint density at radius 2 is 2.00 bits per heavy atom. The van der Waals surface area contributed by atoms with E-state index in [1.54, 1.807) is 12.0 Å². The van der Waals surface area contributed by atoms with Gasteiger partial charge < -0.3 is 9.64 Å². The van der Waals surface area contributed by atoms with E-state index in [9.17, 15) is 18.0 Å². The number of hydrogen-bond donors (Lipinski definition) is 1. The van der Waals surface area contributed by atoms with Crippen molar-refractivity contribution in [3.63, 3.8) is 0 Å². The normalized spacial score (nSPS) is 14.5. The van der Waals surface area contributed by atoms with Crippen LogP contribution in [0.2, 0.25) is 0 Å². The second-order valence-corrected chi connectivity index (χ2v) is 6.92. The van der Waals surface area contributed by atoms with E-state index in [-0.39, 0.29) is 17.3 Å². The first-order chi connectivity index (χ1) is 14.4. The molecule has 0 saturated carbocycles. The van der Waals surface area contributed by atoms with Gasteiger partial charge in [0, 0.05) is 37.1 Å². The third kappa shape index (κ3) is 3.83. The van der Waals surface area contributed by atoms with Gasteiger partial charge in [-0.3, -0.25) is 10.00 Å². The molecule has 0 aliphatic carbocycles. The van der Waals surface area contributed by atoms with Crippen LogP contribution in [0.3, 0.4) is 0 Å². The maximum Gasteiger partial charge on any atom is 0.417 e. The molecule has 2 heterocycles. The SMILES string of the molecule is COc1cccc(CN2CCN(c3ccc(-c4cn[nH]c4)c(C(F)(F)F)c3)C2=O)c1. The van der Waals surface area contributed by atoms with E-state index in [2.05, 4.69) is 10.2 Å². The average molecular weight is 416 g/mol. The summed E-state index contributed by atoms with van der Waals surface area (Å²) in [7, 11) is 1.56. The zero-order valence-corrected chi connectivity index (χ0v) is 16.1. The molecule has 0 spiro atoms. The van der Waals surface area contributed by atoms with Crippen molar-refractivity contribution in [3.8, 4) is 16.9 Å². The number of aromatic amines is 1. The van der Waals surface area contributed by atoms with E-state index in [4.69, 9.17) is 4.74 Å². The second kappa shape index (κ2) is 7.74. The highest BCUT2D eigenvalue weighted by atomic mass is 19.4. The van der Waals surface area contributed by atoms with Crippen molar-refractivity contribution < 1.29 is 22.7 Å². The van der Waals surface area contributed by atoms with Crippen LogP contribution >= 0.6 is 0 Å². The molecule has 1 aliphatic heterocycles. The maximum atomic E-state index is 13.7. The minimum atomic E-state index is -4.56. The number of nitrogens with one attached hydrogen (secondary N) is 1. The number of nitrogens with zero attached hydrogens (tertiary/aromatic N) is 3. The maximum absolute atomic E-state index is 13.7. The molecule has 0 unspecified atom stereocenters. The fourth-order valence-corrected chi connectivity index (χ4v) is 3.54. The predicted molar refractivity (Wildman–Crippen MR) is 105 cm³/mol. The van der Waals surface area contributed by atoms with Gasteiger partial charge >= 0.3 is 12.2 Å². The van der Waals surface area contributed by atoms with Crippen LogP contribution in [0.5, 0.6) is 5.75 Å². The lowest BCUT2D eigenvalue weighted by Crippen LogP contribution is -2.31. The van der Waals surface area contributed by atoms with E-state index >= 15 is 0 Å². The molecule has 0 bridgehead atoms. The Kier molecular flexibility index (Phi) is 5.11. The van der Waals surface area contributed by atoms with Crippen LogP contribution in [0, 0.1) is 0 Å². The number of carbonyl (C=O) groups is 1. The first-order valence-electron chi connectivity index (χ1n) is 9.26. The fourth-order valence-electron chi connectivity index (χ4n) is 3.54. The molecule has 30 heavy (non-hydrogen) atoms. The number of carbonyl (C=O) groups excluding carboxylic acids is 1. The average Bonchev–Trinajstić information content (AvgIpc) is 3.38. The monoisotopic (exact) mass is 416 g/mol. The van der Waals surface area contributed by atoms with Crippen LogP contribution in [0.25, 0.3) is 11.1 Å². The van der Waals surface area contributed by atoms with Gasteiger partial charge in [-0.25, -0.2) is 4.79 Å². The van der Waals surface area contributed by atoms with Crippen LogP contribution in [-0.2, 0) is 12.7 Å². The first kappa shape index (κ1) is 19.8. The standard InChI is InChI=1S/C21H19F3N4O2/c1-30-17-4-2-3-14(9-17)13-27-7-8-28(20(27)29)16-5-6-18(15-11-25-26-12-15)19(10-16)21(22,23)24/h2-6,9-12H,7-8,13H2,1H3,(H,25,26). The molecule has 0 radical (unpaired) electrons. The van der Waals surface area contributed by atoms with Crippen LogP contribution in [0.4, 0.5) is 23.7 Å². The van der Waals surface area contributed by atoms with Gasteiger partial charge in [-0.1, -0.05) is 18.2 Å². The first-order valence-corrected chi connectivity index (χ1v) is 9.26. The number of amides is 2. The summed E-state index contributed by atoms with van der Waals surface area (Å²) >= 11 is 0. The zero-order valence-electron chi connectivity index (χ0n) is 16.1. The highest BCUT2D eigenvalue weighted by Gasteiger charge is 2.36. The topological polar surface area (TPSA) is 61.5 Å². The fraction of sp³-hybridized carbons (Fsp3) is 0.238. The van der Waals surface area contributed by atoms with Gasteiger partial charge in [0.25, 0.3) is 0 Å². The summed E-state index contributed by atoms with van der Waals surface area (Å²) in [5.74, 6) is 0.681. The van der Waals surface area contributed by atoms with Gasteiger partial charge in [-0.2, -0.15) is 18.3 Å². The van der Waals surface area contributed by atoms with Crippen LogP contribution < -0.4 is 9.64 Å². The number of benzene rings is 2. The molecule has 9 heteroatoms. The number of H-pyrrole nitrogens is 1. The van der Waals surface area contributed by atoms with Crippen molar-refractivity contribution in [2.75, 3.05) is 25.1 Å². The number of halogens is 3. The van der Waals surface area contributed by atoms with Gasteiger partial charge in [0.2, 0.25) is 0 Å². The third-order valence-corrected chi connectivity index (χ3v) is 5.03. The number of aromatic nitrogens is 2. The highest BCUT2D eigenvalue weighted by molar-refractivity contribution is 5.94. The van der Waals surface area contributed by atoms with Gasteiger partial charge in [-0.05, 0) is 35.4 Å². The van der Waals surface area contributed by atoms with Crippen LogP contribution in [0.15, 0.2) is 54.9 Å². The Balaban J connectivity index is 1.59. The van der Waals surface area contributed by atoms with Crippen molar-refractivity contribution in [2.24, 2.45) is 0 Å². The lowest BCUT2D eigenvalue weighted by Gasteiger charge is -2.21. The Bertz CT molecular complexity index is 1050. The number of ether oxygens (including phenoxy) is 1. The lowest BCUT2D eigenvalue weighted by atomic mass is 10.0. The van der Waals surface area contributed by atoms with E-state index in [1.165, 1.54) is 29.4 Å². The number of urea groups is 1. The van der Waals surface area contributed by atoms with Gasteiger partial charge in [0.15, 0.2) is 0 Å². The van der Waals surface area contributed by atoms with E-state index < -0.39 is 11.7 Å². The Morgan fingerprint density at radius 3 is 2.70 bits per heavy atom. The van der Waals surface area contributed by atoms with Crippen molar-refractivity contribution >= 4 is 11.7 Å². The predicted octanol–water partition coefficient (Wildman–Crippen LogP) is 4.55. The smallest absolute Gasteiger partial charge is 0.417 e. The van der Waals surface area contributed by atoms with Crippen molar-refractivity contribution in [2.45, 2.75) is 12.7 Å². The molecule has 1 saturated heterocycles. The van der Waals surface area contributed by atoms with Crippen molar-refractivity contribution in [3.05, 3.63) is 66.0 Å². The Morgan fingerprint density at radius 1 is 1.17 bits per heavy atom. The largest absolute Gasteiger partial charge is 0.497 e. The number of alkyl halides is 3. The van der Waals surface area contributed by atoms with Crippen molar-refractivity contribution in [1.29, 1.82) is 0 Å². The summed E-state index contributed by atoms with van der Waals surface area (Å²) in [5.41, 5.74) is 0.644. The third-order valence-electron chi connectivity index (χ3n) is 5.03. The molecule has 2 amide bonds. The molecule has 1 fully saturated rings.